The van der Waals surface area contributed by atoms with E-state index in [2.05, 4.69) is 44.3 Å². The molecular formula is C17H25NO2. The Morgan fingerprint density at radius 2 is 1.90 bits per heavy atom. The molecule has 20 heavy (non-hydrogen) atoms. The second-order valence-corrected chi connectivity index (χ2v) is 6.21. The number of hydrogen-bond donors (Lipinski definition) is 2. The summed E-state index contributed by atoms with van der Waals surface area (Å²) >= 11 is 0. The number of hydrogen-bond acceptors (Lipinski definition) is 2. The molecule has 0 bridgehead atoms. The van der Waals surface area contributed by atoms with Crippen LogP contribution in [0.5, 0.6) is 0 Å². The van der Waals surface area contributed by atoms with Gasteiger partial charge in [0.15, 0.2) is 0 Å². The van der Waals surface area contributed by atoms with Crippen molar-refractivity contribution in [2.45, 2.75) is 58.5 Å². The Morgan fingerprint density at radius 3 is 2.50 bits per heavy atom. The summed E-state index contributed by atoms with van der Waals surface area (Å²) in [5.74, 6) is -0.816. The van der Waals surface area contributed by atoms with Gasteiger partial charge >= 0.3 is 5.97 Å². The summed E-state index contributed by atoms with van der Waals surface area (Å²) in [6.45, 7) is 6.40. The summed E-state index contributed by atoms with van der Waals surface area (Å²) < 4.78 is 0. The molecule has 0 spiro atoms. The van der Waals surface area contributed by atoms with Crippen LogP contribution in [0.15, 0.2) is 18.2 Å². The molecule has 0 saturated heterocycles. The summed E-state index contributed by atoms with van der Waals surface area (Å²) in [6, 6.07) is 7.19. The van der Waals surface area contributed by atoms with Crippen molar-refractivity contribution < 1.29 is 9.90 Å². The van der Waals surface area contributed by atoms with E-state index in [9.17, 15) is 4.79 Å². The highest BCUT2D eigenvalue weighted by molar-refractivity contribution is 5.70. The van der Waals surface area contributed by atoms with Gasteiger partial charge in [-0.1, -0.05) is 35.7 Å². The maximum Gasteiger partial charge on any atom is 0.306 e. The predicted molar refractivity (Wildman–Crippen MR) is 80.8 cm³/mol. The molecule has 110 valence electrons. The summed E-state index contributed by atoms with van der Waals surface area (Å²) in [7, 11) is 0. The number of aliphatic carboxylic acids is 1. The predicted octanol–water partition coefficient (Wildman–Crippen LogP) is 3.60. The topological polar surface area (TPSA) is 49.3 Å². The maximum absolute atomic E-state index is 11.1. The standard InChI is InChI=1S/C17H25NO2/c1-11-7-12(2)9-15(8-11)13(3)18-16-6-4-5-14(10-16)17(19)20/h7-9,13-14,16,18H,4-6,10H2,1-3H3,(H,19,20). The Balaban J connectivity index is 2.00. The van der Waals surface area contributed by atoms with Crippen molar-refractivity contribution in [3.63, 3.8) is 0 Å². The fraction of sp³-hybridized carbons (Fsp3) is 0.588. The molecule has 3 nitrogen and oxygen atoms in total. The van der Waals surface area contributed by atoms with Crippen LogP contribution in [-0.2, 0) is 4.79 Å². The van der Waals surface area contributed by atoms with Crippen LogP contribution < -0.4 is 5.32 Å². The molecule has 3 atom stereocenters. The highest BCUT2D eigenvalue weighted by atomic mass is 16.4. The Labute approximate surface area is 121 Å². The number of aryl methyl sites for hydroxylation is 2. The minimum absolute atomic E-state index is 0.173. The molecule has 1 aromatic rings. The minimum Gasteiger partial charge on any atom is -0.481 e. The van der Waals surface area contributed by atoms with Crippen LogP contribution in [-0.4, -0.2) is 17.1 Å². The van der Waals surface area contributed by atoms with Gasteiger partial charge in [-0.05, 0) is 45.6 Å². The second kappa shape index (κ2) is 6.40. The summed E-state index contributed by atoms with van der Waals surface area (Å²) in [6.07, 6.45) is 3.67. The SMILES string of the molecule is Cc1cc(C)cc(C(C)NC2CCCC(C(=O)O)C2)c1. The normalized spacial score (nSPS) is 24.4. The highest BCUT2D eigenvalue weighted by Gasteiger charge is 2.27. The van der Waals surface area contributed by atoms with Crippen molar-refractivity contribution in [3.05, 3.63) is 34.9 Å². The van der Waals surface area contributed by atoms with Gasteiger partial charge in [0.2, 0.25) is 0 Å². The molecule has 1 aliphatic rings. The van der Waals surface area contributed by atoms with Gasteiger partial charge in [0, 0.05) is 12.1 Å². The first-order valence-corrected chi connectivity index (χ1v) is 7.52. The molecule has 0 aromatic heterocycles. The largest absolute Gasteiger partial charge is 0.481 e. The maximum atomic E-state index is 11.1. The lowest BCUT2D eigenvalue weighted by Crippen LogP contribution is -2.37. The van der Waals surface area contributed by atoms with E-state index in [0.717, 1.165) is 25.7 Å². The van der Waals surface area contributed by atoms with Gasteiger partial charge in [-0.2, -0.15) is 0 Å². The van der Waals surface area contributed by atoms with Crippen molar-refractivity contribution in [2.24, 2.45) is 5.92 Å². The zero-order valence-electron chi connectivity index (χ0n) is 12.6. The molecule has 1 saturated carbocycles. The number of nitrogens with one attached hydrogen (secondary N) is 1. The van der Waals surface area contributed by atoms with Gasteiger partial charge in [0.25, 0.3) is 0 Å². The molecule has 1 aromatic carbocycles. The van der Waals surface area contributed by atoms with Crippen molar-refractivity contribution in [1.82, 2.24) is 5.32 Å². The highest BCUT2D eigenvalue weighted by Crippen LogP contribution is 2.27. The van der Waals surface area contributed by atoms with Crippen LogP contribution in [0.4, 0.5) is 0 Å². The van der Waals surface area contributed by atoms with Gasteiger partial charge < -0.3 is 10.4 Å². The average molecular weight is 275 g/mol. The van der Waals surface area contributed by atoms with E-state index in [1.807, 2.05) is 0 Å². The van der Waals surface area contributed by atoms with E-state index in [1.54, 1.807) is 0 Å². The third-order valence-corrected chi connectivity index (χ3v) is 4.25. The van der Waals surface area contributed by atoms with E-state index in [0.29, 0.717) is 6.04 Å². The van der Waals surface area contributed by atoms with Crippen LogP contribution in [0, 0.1) is 19.8 Å². The molecule has 0 amide bonds. The van der Waals surface area contributed by atoms with Gasteiger partial charge in [0.1, 0.15) is 0 Å². The quantitative estimate of drug-likeness (QED) is 0.882. The molecule has 0 heterocycles. The molecule has 0 aliphatic heterocycles. The van der Waals surface area contributed by atoms with Crippen LogP contribution in [0.25, 0.3) is 0 Å². The molecule has 3 heteroatoms. The lowest BCUT2D eigenvalue weighted by molar-refractivity contribution is -0.143. The Morgan fingerprint density at radius 1 is 1.25 bits per heavy atom. The molecular weight excluding hydrogens is 250 g/mol. The average Bonchev–Trinajstić information content (AvgIpc) is 2.37. The smallest absolute Gasteiger partial charge is 0.306 e. The van der Waals surface area contributed by atoms with Crippen molar-refractivity contribution in [1.29, 1.82) is 0 Å². The number of carboxylic acid groups (broad SMARTS) is 1. The summed E-state index contributed by atoms with van der Waals surface area (Å²) in [5.41, 5.74) is 3.85. The van der Waals surface area contributed by atoms with Crippen LogP contribution in [0.3, 0.4) is 0 Å². The van der Waals surface area contributed by atoms with Crippen LogP contribution in [0.2, 0.25) is 0 Å². The number of carboxylic acids is 1. The van der Waals surface area contributed by atoms with Gasteiger partial charge in [-0.15, -0.1) is 0 Å². The van der Waals surface area contributed by atoms with E-state index in [4.69, 9.17) is 5.11 Å². The minimum atomic E-state index is -0.643. The monoisotopic (exact) mass is 275 g/mol. The third kappa shape index (κ3) is 3.83. The Kier molecular flexibility index (Phi) is 4.81. The fourth-order valence-corrected chi connectivity index (χ4v) is 3.28. The number of rotatable bonds is 4. The first-order valence-electron chi connectivity index (χ1n) is 7.52. The summed E-state index contributed by atoms with van der Waals surface area (Å²) in [4.78, 5) is 11.1. The number of carbonyl (C=O) groups is 1. The summed E-state index contributed by atoms with van der Waals surface area (Å²) in [5, 5.41) is 12.8. The molecule has 0 radical (unpaired) electrons. The van der Waals surface area contributed by atoms with Gasteiger partial charge in [-0.3, -0.25) is 4.79 Å². The van der Waals surface area contributed by atoms with Gasteiger partial charge in [-0.25, -0.2) is 0 Å². The van der Waals surface area contributed by atoms with Crippen molar-refractivity contribution in [2.75, 3.05) is 0 Å². The Hall–Kier alpha value is -1.35. The van der Waals surface area contributed by atoms with Crippen molar-refractivity contribution in [3.8, 4) is 0 Å². The molecule has 3 unspecified atom stereocenters. The van der Waals surface area contributed by atoms with E-state index < -0.39 is 5.97 Å². The lowest BCUT2D eigenvalue weighted by Gasteiger charge is -2.30. The van der Waals surface area contributed by atoms with Gasteiger partial charge in [0.05, 0.1) is 5.92 Å². The molecule has 2 N–H and O–H groups in total. The third-order valence-electron chi connectivity index (χ3n) is 4.25. The molecule has 2 rings (SSSR count). The lowest BCUT2D eigenvalue weighted by atomic mass is 9.85. The first-order chi connectivity index (χ1) is 9.45. The van der Waals surface area contributed by atoms with Crippen LogP contribution >= 0.6 is 0 Å². The van der Waals surface area contributed by atoms with E-state index in [-0.39, 0.29) is 12.0 Å². The van der Waals surface area contributed by atoms with E-state index >= 15 is 0 Å². The Bertz CT molecular complexity index is 464. The zero-order valence-corrected chi connectivity index (χ0v) is 12.6. The molecule has 1 aliphatic carbocycles. The van der Waals surface area contributed by atoms with E-state index in [1.165, 1.54) is 16.7 Å². The fourth-order valence-electron chi connectivity index (χ4n) is 3.28. The number of benzene rings is 1. The first kappa shape index (κ1) is 15.0. The zero-order chi connectivity index (χ0) is 14.7. The van der Waals surface area contributed by atoms with Crippen LogP contribution in [0.1, 0.15) is 55.3 Å². The van der Waals surface area contributed by atoms with Crippen molar-refractivity contribution >= 4 is 5.97 Å². The second-order valence-electron chi connectivity index (χ2n) is 6.21. The molecule has 1 fully saturated rings.